The lowest BCUT2D eigenvalue weighted by molar-refractivity contribution is -0.143. The predicted molar refractivity (Wildman–Crippen MR) is 32.9 cm³/mol. The maximum atomic E-state index is 9.84. The second-order valence-electron chi connectivity index (χ2n) is 1.83. The number of ether oxygens (including phenoxy) is 1. The Labute approximate surface area is 58.8 Å². The van der Waals surface area contributed by atoms with Crippen LogP contribution in [0.4, 0.5) is 0 Å². The molecule has 5 heteroatoms. The Morgan fingerprint density at radius 1 is 1.70 bits per heavy atom. The van der Waals surface area contributed by atoms with E-state index in [2.05, 4.69) is 4.74 Å². The molecule has 0 amide bonds. The third-order valence-electron chi connectivity index (χ3n) is 0.785. The van der Waals surface area contributed by atoms with Crippen molar-refractivity contribution in [1.82, 2.24) is 5.06 Å². The van der Waals surface area contributed by atoms with E-state index in [-0.39, 0.29) is 13.2 Å². The first kappa shape index (κ1) is 9.35. The van der Waals surface area contributed by atoms with Gasteiger partial charge in [-0.05, 0) is 0 Å². The molecule has 0 aromatic carbocycles. The third-order valence-corrected chi connectivity index (χ3v) is 0.785. The van der Waals surface area contributed by atoms with Crippen molar-refractivity contribution in [3.8, 4) is 0 Å². The number of aliphatic carboxylic acids is 1. The zero-order chi connectivity index (χ0) is 7.98. The van der Waals surface area contributed by atoms with Crippen LogP contribution in [-0.2, 0) is 9.53 Å². The fourth-order valence-electron chi connectivity index (χ4n) is 0.356. The van der Waals surface area contributed by atoms with Crippen LogP contribution in [0.3, 0.4) is 0 Å². The summed E-state index contributed by atoms with van der Waals surface area (Å²) in [5.74, 6) is -0.999. The Morgan fingerprint density at radius 2 is 2.30 bits per heavy atom. The normalized spacial score (nSPS) is 10.3. The monoisotopic (exact) mass is 149 g/mol. The van der Waals surface area contributed by atoms with Crippen LogP contribution in [0.15, 0.2) is 0 Å². The standard InChI is InChI=1S/C5H11NO4/c1-6(9)2-3-10-4-5(7)8/h9H,2-4H2,1H3,(H,7,8). The number of carbonyl (C=O) groups is 1. The zero-order valence-corrected chi connectivity index (χ0v) is 5.78. The second kappa shape index (κ2) is 5.16. The Morgan fingerprint density at radius 3 is 2.70 bits per heavy atom. The second-order valence-corrected chi connectivity index (χ2v) is 1.83. The number of carboxylic acids is 1. The summed E-state index contributed by atoms with van der Waals surface area (Å²) in [5, 5.41) is 17.5. The molecule has 0 aliphatic rings. The molecule has 5 nitrogen and oxygen atoms in total. The van der Waals surface area contributed by atoms with Crippen LogP contribution in [-0.4, -0.2) is 48.2 Å². The van der Waals surface area contributed by atoms with Crippen LogP contribution in [0.25, 0.3) is 0 Å². The molecule has 0 radical (unpaired) electrons. The minimum absolute atomic E-state index is 0.222. The van der Waals surface area contributed by atoms with Crippen molar-refractivity contribution in [2.75, 3.05) is 26.8 Å². The highest BCUT2D eigenvalue weighted by atomic mass is 16.5. The van der Waals surface area contributed by atoms with Gasteiger partial charge in [0, 0.05) is 13.6 Å². The van der Waals surface area contributed by atoms with Crippen LogP contribution >= 0.6 is 0 Å². The molecule has 0 heterocycles. The van der Waals surface area contributed by atoms with E-state index in [0.29, 0.717) is 6.54 Å². The molecule has 0 bridgehead atoms. The van der Waals surface area contributed by atoms with Crippen LogP contribution in [0.5, 0.6) is 0 Å². The lowest BCUT2D eigenvalue weighted by atomic mass is 10.6. The first-order valence-corrected chi connectivity index (χ1v) is 2.82. The van der Waals surface area contributed by atoms with Crippen molar-refractivity contribution in [2.24, 2.45) is 0 Å². The molecular weight excluding hydrogens is 138 g/mol. The molecule has 0 atom stereocenters. The highest BCUT2D eigenvalue weighted by molar-refractivity contribution is 5.67. The van der Waals surface area contributed by atoms with E-state index in [1.54, 1.807) is 0 Å². The van der Waals surface area contributed by atoms with E-state index in [0.717, 1.165) is 5.06 Å². The largest absolute Gasteiger partial charge is 0.480 e. The summed E-state index contributed by atoms with van der Waals surface area (Å²) in [5.41, 5.74) is 0. The summed E-state index contributed by atoms with van der Waals surface area (Å²) in [6, 6.07) is 0. The number of nitrogens with zero attached hydrogens (tertiary/aromatic N) is 1. The van der Waals surface area contributed by atoms with Gasteiger partial charge in [0.05, 0.1) is 6.61 Å². The van der Waals surface area contributed by atoms with Gasteiger partial charge >= 0.3 is 5.97 Å². The highest BCUT2D eigenvalue weighted by Crippen LogP contribution is 1.77. The van der Waals surface area contributed by atoms with Crippen LogP contribution in [0.1, 0.15) is 0 Å². The summed E-state index contributed by atoms with van der Waals surface area (Å²) in [4.78, 5) is 9.84. The summed E-state index contributed by atoms with van der Waals surface area (Å²) in [6.07, 6.45) is 0. The van der Waals surface area contributed by atoms with Gasteiger partial charge < -0.3 is 15.1 Å². The number of carboxylic acid groups (broad SMARTS) is 1. The molecule has 0 rings (SSSR count). The average Bonchev–Trinajstić information content (AvgIpc) is 1.79. The molecule has 0 saturated heterocycles. The SMILES string of the molecule is CN(O)CCOCC(=O)O. The topological polar surface area (TPSA) is 70.0 Å². The highest BCUT2D eigenvalue weighted by Gasteiger charge is 1.96. The van der Waals surface area contributed by atoms with Gasteiger partial charge in [-0.2, -0.15) is 5.06 Å². The fraction of sp³-hybridized carbons (Fsp3) is 0.800. The first-order chi connectivity index (χ1) is 4.63. The maximum absolute atomic E-state index is 9.84. The van der Waals surface area contributed by atoms with Gasteiger partial charge in [-0.25, -0.2) is 4.79 Å². The van der Waals surface area contributed by atoms with Gasteiger partial charge in [0.25, 0.3) is 0 Å². The Kier molecular flexibility index (Phi) is 4.82. The number of hydroxylamine groups is 2. The van der Waals surface area contributed by atoms with Gasteiger partial charge in [0.15, 0.2) is 0 Å². The third kappa shape index (κ3) is 7.35. The van der Waals surface area contributed by atoms with E-state index >= 15 is 0 Å². The molecule has 0 spiro atoms. The van der Waals surface area contributed by atoms with E-state index in [1.165, 1.54) is 7.05 Å². The van der Waals surface area contributed by atoms with E-state index < -0.39 is 5.97 Å². The van der Waals surface area contributed by atoms with Gasteiger partial charge in [-0.3, -0.25) is 0 Å². The van der Waals surface area contributed by atoms with E-state index in [9.17, 15) is 4.79 Å². The lowest BCUT2D eigenvalue weighted by Crippen LogP contribution is -2.20. The maximum Gasteiger partial charge on any atom is 0.329 e. The number of hydrogen-bond donors (Lipinski definition) is 2. The minimum Gasteiger partial charge on any atom is -0.480 e. The summed E-state index contributed by atoms with van der Waals surface area (Å²) in [7, 11) is 1.46. The number of rotatable bonds is 5. The Balaban J connectivity index is 2.98. The van der Waals surface area contributed by atoms with Crippen molar-refractivity contribution in [2.45, 2.75) is 0 Å². The van der Waals surface area contributed by atoms with Gasteiger partial charge in [-0.15, -0.1) is 0 Å². The fourth-order valence-corrected chi connectivity index (χ4v) is 0.356. The van der Waals surface area contributed by atoms with Gasteiger partial charge in [0.1, 0.15) is 6.61 Å². The molecule has 60 valence electrons. The molecule has 0 aliphatic heterocycles. The quantitative estimate of drug-likeness (QED) is 0.404. The molecule has 0 aliphatic carbocycles. The van der Waals surface area contributed by atoms with Gasteiger partial charge in [0.2, 0.25) is 0 Å². The molecule has 2 N–H and O–H groups in total. The minimum atomic E-state index is -0.999. The summed E-state index contributed by atoms with van der Waals surface area (Å²) >= 11 is 0. The zero-order valence-electron chi connectivity index (χ0n) is 5.78. The van der Waals surface area contributed by atoms with Crippen LogP contribution in [0.2, 0.25) is 0 Å². The Hall–Kier alpha value is -0.650. The molecule has 0 unspecified atom stereocenters. The average molecular weight is 149 g/mol. The van der Waals surface area contributed by atoms with Gasteiger partial charge in [-0.1, -0.05) is 0 Å². The number of likely N-dealkylation sites (N-methyl/N-ethyl adjacent to an activating group) is 1. The smallest absolute Gasteiger partial charge is 0.329 e. The van der Waals surface area contributed by atoms with Crippen LogP contribution < -0.4 is 0 Å². The molecule has 10 heavy (non-hydrogen) atoms. The predicted octanol–water partition coefficient (Wildman–Crippen LogP) is -0.591. The van der Waals surface area contributed by atoms with E-state index in [1.807, 2.05) is 0 Å². The molecule has 0 aromatic rings. The first-order valence-electron chi connectivity index (χ1n) is 2.82. The van der Waals surface area contributed by atoms with Crippen molar-refractivity contribution in [1.29, 1.82) is 0 Å². The molecule has 0 fully saturated rings. The van der Waals surface area contributed by atoms with Crippen molar-refractivity contribution >= 4 is 5.97 Å². The van der Waals surface area contributed by atoms with Crippen molar-refractivity contribution in [3.63, 3.8) is 0 Å². The Bertz CT molecular complexity index is 104. The molecule has 0 aromatic heterocycles. The molecular formula is C5H11NO4. The molecule has 0 saturated carbocycles. The van der Waals surface area contributed by atoms with Crippen molar-refractivity contribution in [3.05, 3.63) is 0 Å². The van der Waals surface area contributed by atoms with Crippen LogP contribution in [0, 0.1) is 0 Å². The lowest BCUT2D eigenvalue weighted by Gasteiger charge is -2.06. The summed E-state index contributed by atoms with van der Waals surface area (Å²) in [6.45, 7) is 0.223. The summed E-state index contributed by atoms with van der Waals surface area (Å²) < 4.78 is 4.60. The van der Waals surface area contributed by atoms with Crippen molar-refractivity contribution < 1.29 is 19.8 Å². The van der Waals surface area contributed by atoms with E-state index in [4.69, 9.17) is 10.3 Å². The number of hydrogen-bond acceptors (Lipinski definition) is 4.